The summed E-state index contributed by atoms with van der Waals surface area (Å²) in [5, 5.41) is 11.6. The number of aliphatic carboxylic acids is 1. The molecule has 1 saturated heterocycles. The maximum atomic E-state index is 11.9. The summed E-state index contributed by atoms with van der Waals surface area (Å²) in [5.41, 5.74) is 0.696. The number of nitrogens with zero attached hydrogens (tertiary/aromatic N) is 1. The molecule has 0 bridgehead atoms. The molecule has 0 aliphatic carbocycles. The van der Waals surface area contributed by atoms with Gasteiger partial charge in [0.15, 0.2) is 0 Å². The van der Waals surface area contributed by atoms with Crippen molar-refractivity contribution in [3.8, 4) is 0 Å². The Kier molecular flexibility index (Phi) is 4.24. The predicted molar refractivity (Wildman–Crippen MR) is 67.3 cm³/mol. The minimum absolute atomic E-state index is 0.103. The summed E-state index contributed by atoms with van der Waals surface area (Å²) < 4.78 is 0. The third-order valence-corrected chi connectivity index (χ3v) is 4.19. The van der Waals surface area contributed by atoms with E-state index in [9.17, 15) is 9.59 Å². The molecule has 1 aliphatic heterocycles. The van der Waals surface area contributed by atoms with Gasteiger partial charge in [-0.1, -0.05) is 0 Å². The highest BCUT2D eigenvalue weighted by Gasteiger charge is 2.28. The molecule has 1 aromatic heterocycles. The molecule has 1 aliphatic rings. The van der Waals surface area contributed by atoms with Crippen LogP contribution in [0.5, 0.6) is 0 Å². The molecule has 2 rings (SSSR count). The van der Waals surface area contributed by atoms with Crippen molar-refractivity contribution in [1.29, 1.82) is 0 Å². The molecule has 0 spiro atoms. The van der Waals surface area contributed by atoms with Crippen LogP contribution in [-0.2, 0) is 16.0 Å². The Labute approximate surface area is 109 Å². The molecule has 2 heterocycles. The third-order valence-electron chi connectivity index (χ3n) is 2.82. The molecule has 0 saturated carbocycles. The van der Waals surface area contributed by atoms with Gasteiger partial charge in [0.05, 0.1) is 11.6 Å². The van der Waals surface area contributed by atoms with Crippen LogP contribution in [-0.4, -0.2) is 44.0 Å². The highest BCUT2D eigenvalue weighted by Crippen LogP contribution is 2.26. The van der Waals surface area contributed by atoms with Crippen molar-refractivity contribution in [3.63, 3.8) is 0 Å². The average Bonchev–Trinajstić information content (AvgIpc) is 3.00. The number of thioether (sulfide) groups is 1. The second-order valence-electron chi connectivity index (χ2n) is 4.18. The first-order chi connectivity index (χ1) is 8.66. The Morgan fingerprint density at radius 2 is 2.50 bits per heavy atom. The molecular weight excluding hydrogens is 254 g/mol. The molecule has 0 radical (unpaired) electrons. The first kappa shape index (κ1) is 12.9. The zero-order valence-electron chi connectivity index (χ0n) is 9.76. The number of amides is 1. The standard InChI is InChI=1S/C11H15N3O3S/c15-10(9-2-1-3-18-9)14-8(11(16)17)4-7-5-12-6-13-7/h5-6,8-9H,1-4H2,(H,12,13)(H,14,15)(H,16,17)/t8-,9?/m1/s1. The lowest BCUT2D eigenvalue weighted by atomic mass is 10.1. The lowest BCUT2D eigenvalue weighted by molar-refractivity contribution is -0.141. The van der Waals surface area contributed by atoms with Crippen LogP contribution in [0.15, 0.2) is 12.5 Å². The number of hydrogen-bond acceptors (Lipinski definition) is 4. The monoisotopic (exact) mass is 269 g/mol. The fourth-order valence-corrected chi connectivity index (χ4v) is 3.04. The lowest BCUT2D eigenvalue weighted by Crippen LogP contribution is -2.45. The van der Waals surface area contributed by atoms with E-state index in [0.29, 0.717) is 5.69 Å². The van der Waals surface area contributed by atoms with Crippen LogP contribution in [0.4, 0.5) is 0 Å². The van der Waals surface area contributed by atoms with Crippen molar-refractivity contribution < 1.29 is 14.7 Å². The van der Waals surface area contributed by atoms with Crippen LogP contribution in [0.2, 0.25) is 0 Å². The van der Waals surface area contributed by atoms with E-state index in [1.165, 1.54) is 6.33 Å². The Hall–Kier alpha value is -1.50. The molecule has 0 aromatic carbocycles. The van der Waals surface area contributed by atoms with Gasteiger partial charge in [-0.2, -0.15) is 0 Å². The first-order valence-electron chi connectivity index (χ1n) is 5.79. The second-order valence-corrected chi connectivity index (χ2v) is 5.49. The molecule has 7 heteroatoms. The lowest BCUT2D eigenvalue weighted by Gasteiger charge is -2.16. The predicted octanol–water partition coefficient (Wildman–Crippen LogP) is 0.417. The number of carboxylic acids is 1. The van der Waals surface area contributed by atoms with Crippen LogP contribution in [0, 0.1) is 0 Å². The number of carbonyl (C=O) groups is 2. The molecule has 18 heavy (non-hydrogen) atoms. The number of imidazole rings is 1. The Morgan fingerprint density at radius 1 is 1.67 bits per heavy atom. The number of H-pyrrole nitrogens is 1. The summed E-state index contributed by atoms with van der Waals surface area (Å²) in [6, 6.07) is -0.904. The van der Waals surface area contributed by atoms with E-state index >= 15 is 0 Å². The van der Waals surface area contributed by atoms with Crippen LogP contribution in [0.3, 0.4) is 0 Å². The third kappa shape index (κ3) is 3.25. The van der Waals surface area contributed by atoms with Gasteiger partial charge in [0, 0.05) is 18.3 Å². The number of aromatic amines is 1. The van der Waals surface area contributed by atoms with Crippen molar-refractivity contribution in [3.05, 3.63) is 18.2 Å². The zero-order valence-corrected chi connectivity index (χ0v) is 10.6. The summed E-state index contributed by atoms with van der Waals surface area (Å²) in [5.74, 6) is -0.235. The van der Waals surface area contributed by atoms with E-state index in [-0.39, 0.29) is 17.6 Å². The molecule has 1 unspecified atom stereocenters. The largest absolute Gasteiger partial charge is 0.480 e. The van der Waals surface area contributed by atoms with E-state index in [4.69, 9.17) is 5.11 Å². The second kappa shape index (κ2) is 5.90. The molecule has 6 nitrogen and oxygen atoms in total. The molecule has 98 valence electrons. The van der Waals surface area contributed by atoms with Gasteiger partial charge in [-0.3, -0.25) is 4.79 Å². The SMILES string of the molecule is O=C(N[C@H](Cc1cnc[nH]1)C(=O)O)C1CCCS1. The van der Waals surface area contributed by atoms with Crippen molar-refractivity contribution in [2.45, 2.75) is 30.6 Å². The van der Waals surface area contributed by atoms with Crippen LogP contribution < -0.4 is 5.32 Å². The number of nitrogens with one attached hydrogen (secondary N) is 2. The van der Waals surface area contributed by atoms with Crippen LogP contribution >= 0.6 is 11.8 Å². The van der Waals surface area contributed by atoms with E-state index in [1.54, 1.807) is 18.0 Å². The summed E-state index contributed by atoms with van der Waals surface area (Å²) in [7, 11) is 0. The molecule has 1 aromatic rings. The number of carbonyl (C=O) groups excluding carboxylic acids is 1. The van der Waals surface area contributed by atoms with Crippen molar-refractivity contribution >= 4 is 23.6 Å². The van der Waals surface area contributed by atoms with E-state index in [0.717, 1.165) is 18.6 Å². The molecule has 1 amide bonds. The van der Waals surface area contributed by atoms with E-state index < -0.39 is 12.0 Å². The van der Waals surface area contributed by atoms with Crippen LogP contribution in [0.1, 0.15) is 18.5 Å². The smallest absolute Gasteiger partial charge is 0.326 e. The van der Waals surface area contributed by atoms with Gasteiger partial charge in [-0.05, 0) is 18.6 Å². The highest BCUT2D eigenvalue weighted by atomic mass is 32.2. The van der Waals surface area contributed by atoms with Crippen molar-refractivity contribution in [1.82, 2.24) is 15.3 Å². The van der Waals surface area contributed by atoms with Gasteiger partial charge in [0.2, 0.25) is 5.91 Å². The Bertz CT molecular complexity index is 415. The minimum Gasteiger partial charge on any atom is -0.480 e. The molecule has 1 fully saturated rings. The summed E-state index contributed by atoms with van der Waals surface area (Å²) in [6.45, 7) is 0. The zero-order chi connectivity index (χ0) is 13.0. The normalized spacial score (nSPS) is 20.6. The Balaban J connectivity index is 1.93. The molecule has 3 N–H and O–H groups in total. The molecule has 2 atom stereocenters. The van der Waals surface area contributed by atoms with Gasteiger partial charge < -0.3 is 15.4 Å². The van der Waals surface area contributed by atoms with Crippen molar-refractivity contribution in [2.75, 3.05) is 5.75 Å². The highest BCUT2D eigenvalue weighted by molar-refractivity contribution is 8.00. The first-order valence-corrected chi connectivity index (χ1v) is 6.83. The summed E-state index contributed by atoms with van der Waals surface area (Å²) in [4.78, 5) is 29.6. The fourth-order valence-electron chi connectivity index (χ4n) is 1.87. The number of aromatic nitrogens is 2. The van der Waals surface area contributed by atoms with E-state index in [2.05, 4.69) is 15.3 Å². The minimum atomic E-state index is -1.03. The van der Waals surface area contributed by atoms with Gasteiger partial charge in [-0.25, -0.2) is 9.78 Å². The van der Waals surface area contributed by atoms with Crippen molar-refractivity contribution in [2.24, 2.45) is 0 Å². The number of hydrogen-bond donors (Lipinski definition) is 3. The van der Waals surface area contributed by atoms with Gasteiger partial charge in [0.1, 0.15) is 6.04 Å². The quantitative estimate of drug-likeness (QED) is 0.720. The Morgan fingerprint density at radius 3 is 3.06 bits per heavy atom. The van der Waals surface area contributed by atoms with Gasteiger partial charge in [-0.15, -0.1) is 11.8 Å². The summed E-state index contributed by atoms with van der Waals surface area (Å²) in [6.07, 6.45) is 5.11. The summed E-state index contributed by atoms with van der Waals surface area (Å²) >= 11 is 1.59. The topological polar surface area (TPSA) is 95.1 Å². The van der Waals surface area contributed by atoms with E-state index in [1.807, 2.05) is 0 Å². The fraction of sp³-hybridized carbons (Fsp3) is 0.545. The van der Waals surface area contributed by atoms with Gasteiger partial charge >= 0.3 is 5.97 Å². The maximum absolute atomic E-state index is 11.9. The number of carboxylic acid groups (broad SMARTS) is 1. The van der Waals surface area contributed by atoms with Gasteiger partial charge in [0.25, 0.3) is 0 Å². The molecular formula is C11H15N3O3S. The van der Waals surface area contributed by atoms with Crippen LogP contribution in [0.25, 0.3) is 0 Å². The maximum Gasteiger partial charge on any atom is 0.326 e. The number of rotatable bonds is 5. The average molecular weight is 269 g/mol.